The molecule has 0 aliphatic carbocycles. The highest BCUT2D eigenvalue weighted by Crippen LogP contribution is 2.27. The fraction of sp³-hybridized carbons (Fsp3) is 0.571. The lowest BCUT2D eigenvalue weighted by Gasteiger charge is -2.35. The maximum Gasteiger partial charge on any atom is 0.115 e. The molecule has 1 aromatic carbocycles. The first-order valence-corrected chi connectivity index (χ1v) is 6.68. The Morgan fingerprint density at radius 2 is 1.94 bits per heavy atom. The maximum absolute atomic E-state index is 9.51. The van der Waals surface area contributed by atoms with Crippen molar-refractivity contribution in [1.82, 2.24) is 4.90 Å². The number of nitrogens with zero attached hydrogens (tertiary/aromatic N) is 1. The van der Waals surface area contributed by atoms with Crippen molar-refractivity contribution in [3.8, 4) is 5.75 Å². The standard InChI is InChI=1S/C14H22BrNO/c1-10(14(2,3)4)16(5)9-11-8-12(17)6-7-13(11)15/h6-8,10,17H,9H2,1-5H3. The summed E-state index contributed by atoms with van der Waals surface area (Å²) in [5.74, 6) is 0.319. The predicted octanol–water partition coefficient (Wildman–Crippen LogP) is 4.02. The van der Waals surface area contributed by atoms with Gasteiger partial charge in [0.1, 0.15) is 5.75 Å². The smallest absolute Gasteiger partial charge is 0.115 e. The molecule has 0 bridgehead atoms. The Balaban J connectivity index is 2.81. The van der Waals surface area contributed by atoms with Gasteiger partial charge in [0, 0.05) is 17.1 Å². The fourth-order valence-electron chi connectivity index (χ4n) is 1.75. The summed E-state index contributed by atoms with van der Waals surface area (Å²) in [4.78, 5) is 2.31. The molecule has 1 unspecified atom stereocenters. The molecular weight excluding hydrogens is 278 g/mol. The maximum atomic E-state index is 9.51. The van der Waals surface area contributed by atoms with E-state index >= 15 is 0 Å². The Bertz CT molecular complexity index is 384. The molecule has 0 amide bonds. The van der Waals surface area contributed by atoms with E-state index in [4.69, 9.17) is 0 Å². The number of benzene rings is 1. The van der Waals surface area contributed by atoms with Gasteiger partial charge in [0.2, 0.25) is 0 Å². The number of rotatable bonds is 3. The molecule has 96 valence electrons. The minimum absolute atomic E-state index is 0.248. The lowest BCUT2D eigenvalue weighted by atomic mass is 9.87. The van der Waals surface area contributed by atoms with Gasteiger partial charge in [0.25, 0.3) is 0 Å². The van der Waals surface area contributed by atoms with Crippen LogP contribution >= 0.6 is 15.9 Å². The van der Waals surface area contributed by atoms with Crippen molar-refractivity contribution >= 4 is 15.9 Å². The van der Waals surface area contributed by atoms with Crippen LogP contribution < -0.4 is 0 Å². The number of aromatic hydroxyl groups is 1. The fourth-order valence-corrected chi connectivity index (χ4v) is 2.12. The average Bonchev–Trinajstić information content (AvgIpc) is 2.21. The first-order chi connectivity index (χ1) is 7.71. The molecular formula is C14H22BrNO. The van der Waals surface area contributed by atoms with Crippen molar-refractivity contribution in [3.05, 3.63) is 28.2 Å². The van der Waals surface area contributed by atoms with Crippen LogP contribution in [0.5, 0.6) is 5.75 Å². The van der Waals surface area contributed by atoms with Crippen molar-refractivity contribution in [1.29, 1.82) is 0 Å². The predicted molar refractivity (Wildman–Crippen MR) is 76.2 cm³/mol. The van der Waals surface area contributed by atoms with Crippen molar-refractivity contribution in [2.75, 3.05) is 7.05 Å². The molecule has 0 aliphatic heterocycles. The summed E-state index contributed by atoms with van der Waals surface area (Å²) in [6.45, 7) is 9.78. The SMILES string of the molecule is CC(N(C)Cc1cc(O)ccc1Br)C(C)(C)C. The molecule has 17 heavy (non-hydrogen) atoms. The highest BCUT2D eigenvalue weighted by Gasteiger charge is 2.24. The van der Waals surface area contributed by atoms with Crippen LogP contribution in [0.1, 0.15) is 33.3 Å². The van der Waals surface area contributed by atoms with E-state index in [2.05, 4.69) is 55.6 Å². The van der Waals surface area contributed by atoms with Crippen LogP contribution in [0.3, 0.4) is 0 Å². The highest BCUT2D eigenvalue weighted by molar-refractivity contribution is 9.10. The van der Waals surface area contributed by atoms with Crippen LogP contribution in [-0.2, 0) is 6.54 Å². The van der Waals surface area contributed by atoms with Gasteiger partial charge in [-0.2, -0.15) is 0 Å². The lowest BCUT2D eigenvalue weighted by molar-refractivity contribution is 0.134. The molecule has 0 saturated heterocycles. The van der Waals surface area contributed by atoms with E-state index in [1.165, 1.54) is 0 Å². The number of halogens is 1. The quantitative estimate of drug-likeness (QED) is 0.911. The van der Waals surface area contributed by atoms with E-state index in [9.17, 15) is 5.11 Å². The third-order valence-electron chi connectivity index (χ3n) is 3.36. The second-order valence-electron chi connectivity index (χ2n) is 5.73. The van der Waals surface area contributed by atoms with Gasteiger partial charge in [-0.15, -0.1) is 0 Å². The zero-order chi connectivity index (χ0) is 13.2. The van der Waals surface area contributed by atoms with Crippen molar-refractivity contribution in [3.63, 3.8) is 0 Å². The highest BCUT2D eigenvalue weighted by atomic mass is 79.9. The normalized spacial score (nSPS) is 14.1. The number of phenolic OH excluding ortho intramolecular Hbond substituents is 1. The Kier molecular flexibility index (Phi) is 4.62. The summed E-state index contributed by atoms with van der Waals surface area (Å²) in [7, 11) is 2.12. The van der Waals surface area contributed by atoms with Crippen molar-refractivity contribution < 1.29 is 5.11 Å². The molecule has 1 N–H and O–H groups in total. The van der Waals surface area contributed by atoms with E-state index in [-0.39, 0.29) is 5.41 Å². The summed E-state index contributed by atoms with van der Waals surface area (Å²) < 4.78 is 1.04. The molecule has 2 nitrogen and oxygen atoms in total. The Labute approximate surface area is 113 Å². The van der Waals surface area contributed by atoms with E-state index in [1.807, 2.05) is 12.1 Å². The van der Waals surface area contributed by atoms with Crippen LogP contribution in [0.4, 0.5) is 0 Å². The van der Waals surface area contributed by atoms with Gasteiger partial charge < -0.3 is 5.11 Å². The zero-order valence-corrected chi connectivity index (χ0v) is 12.9. The number of hydrogen-bond acceptors (Lipinski definition) is 2. The van der Waals surface area contributed by atoms with Gasteiger partial charge in [-0.1, -0.05) is 36.7 Å². The topological polar surface area (TPSA) is 23.5 Å². The summed E-state index contributed by atoms with van der Waals surface area (Å²) in [5.41, 5.74) is 1.36. The molecule has 0 aromatic heterocycles. The summed E-state index contributed by atoms with van der Waals surface area (Å²) in [5, 5.41) is 9.51. The van der Waals surface area contributed by atoms with E-state index in [0.29, 0.717) is 11.8 Å². The summed E-state index contributed by atoms with van der Waals surface area (Å²) in [6.07, 6.45) is 0. The van der Waals surface area contributed by atoms with Gasteiger partial charge in [0.15, 0.2) is 0 Å². The minimum atomic E-state index is 0.248. The molecule has 0 aliphatic rings. The van der Waals surface area contributed by atoms with Crippen LogP contribution in [0.25, 0.3) is 0 Å². The van der Waals surface area contributed by atoms with Gasteiger partial charge in [-0.3, -0.25) is 4.90 Å². The Morgan fingerprint density at radius 3 is 2.47 bits per heavy atom. The van der Waals surface area contributed by atoms with Gasteiger partial charge in [-0.05, 0) is 43.1 Å². The van der Waals surface area contributed by atoms with Gasteiger partial charge in [-0.25, -0.2) is 0 Å². The van der Waals surface area contributed by atoms with Crippen LogP contribution in [0, 0.1) is 5.41 Å². The van der Waals surface area contributed by atoms with Crippen molar-refractivity contribution in [2.24, 2.45) is 5.41 Å². The van der Waals surface area contributed by atoms with E-state index in [0.717, 1.165) is 16.6 Å². The molecule has 1 aromatic rings. The monoisotopic (exact) mass is 299 g/mol. The molecule has 1 rings (SSSR count). The minimum Gasteiger partial charge on any atom is -0.508 e. The summed E-state index contributed by atoms with van der Waals surface area (Å²) in [6, 6.07) is 5.87. The molecule has 0 radical (unpaired) electrons. The van der Waals surface area contributed by atoms with Crippen LogP contribution in [0.15, 0.2) is 22.7 Å². The van der Waals surface area contributed by atoms with E-state index < -0.39 is 0 Å². The average molecular weight is 300 g/mol. The lowest BCUT2D eigenvalue weighted by Crippen LogP contribution is -2.38. The third-order valence-corrected chi connectivity index (χ3v) is 4.14. The first kappa shape index (κ1) is 14.5. The van der Waals surface area contributed by atoms with Gasteiger partial charge >= 0.3 is 0 Å². The Morgan fingerprint density at radius 1 is 1.35 bits per heavy atom. The second-order valence-corrected chi connectivity index (χ2v) is 6.59. The molecule has 0 saturated carbocycles. The van der Waals surface area contributed by atoms with Gasteiger partial charge in [0.05, 0.1) is 0 Å². The molecule has 0 fully saturated rings. The Hall–Kier alpha value is -0.540. The molecule has 3 heteroatoms. The van der Waals surface area contributed by atoms with Crippen LogP contribution in [0.2, 0.25) is 0 Å². The zero-order valence-electron chi connectivity index (χ0n) is 11.3. The third kappa shape index (κ3) is 4.00. The van der Waals surface area contributed by atoms with E-state index in [1.54, 1.807) is 6.07 Å². The number of phenols is 1. The first-order valence-electron chi connectivity index (χ1n) is 5.89. The molecule has 1 atom stereocenters. The second kappa shape index (κ2) is 5.40. The largest absolute Gasteiger partial charge is 0.508 e. The van der Waals surface area contributed by atoms with Crippen molar-refractivity contribution in [2.45, 2.75) is 40.3 Å². The molecule has 0 spiro atoms. The number of hydrogen-bond donors (Lipinski definition) is 1. The molecule has 0 heterocycles. The summed E-state index contributed by atoms with van der Waals surface area (Å²) >= 11 is 3.52. The van der Waals surface area contributed by atoms with Crippen LogP contribution in [-0.4, -0.2) is 23.1 Å².